The number of hydrogen-bond acceptors (Lipinski definition) is 2. The van der Waals surface area contributed by atoms with E-state index in [0.29, 0.717) is 6.54 Å². The standard InChI is InChI=1S/C12H19NO2S/c1-12(2,3)16(14)13-9-10-7-5-6-8-11(10)15-4/h5-8,13H,9H2,1-4H3/t16-/m0/s1. The van der Waals surface area contributed by atoms with Crippen molar-refractivity contribution in [3.63, 3.8) is 0 Å². The van der Waals surface area contributed by atoms with Crippen LogP contribution < -0.4 is 9.46 Å². The van der Waals surface area contributed by atoms with Gasteiger partial charge in [0, 0.05) is 12.1 Å². The van der Waals surface area contributed by atoms with Crippen LogP contribution in [0.25, 0.3) is 0 Å². The van der Waals surface area contributed by atoms with Crippen molar-refractivity contribution in [1.82, 2.24) is 4.72 Å². The van der Waals surface area contributed by atoms with Gasteiger partial charge >= 0.3 is 0 Å². The highest BCUT2D eigenvalue weighted by atomic mass is 32.2. The van der Waals surface area contributed by atoms with Crippen molar-refractivity contribution in [2.45, 2.75) is 32.1 Å². The van der Waals surface area contributed by atoms with Crippen molar-refractivity contribution >= 4 is 11.0 Å². The Labute approximate surface area is 99.8 Å². The van der Waals surface area contributed by atoms with Gasteiger partial charge in [-0.25, -0.2) is 8.93 Å². The van der Waals surface area contributed by atoms with Crippen LogP contribution in [0.5, 0.6) is 5.75 Å². The first kappa shape index (κ1) is 13.2. The summed E-state index contributed by atoms with van der Waals surface area (Å²) in [6, 6.07) is 7.73. The van der Waals surface area contributed by atoms with Crippen LogP contribution in [-0.2, 0) is 17.5 Å². The van der Waals surface area contributed by atoms with E-state index < -0.39 is 11.0 Å². The van der Waals surface area contributed by atoms with Gasteiger partial charge in [-0.05, 0) is 26.8 Å². The maximum Gasteiger partial charge on any atom is 0.123 e. The van der Waals surface area contributed by atoms with Crippen LogP contribution in [0, 0.1) is 0 Å². The minimum absolute atomic E-state index is 0.248. The molecule has 0 bridgehead atoms. The van der Waals surface area contributed by atoms with E-state index in [4.69, 9.17) is 4.74 Å². The number of ether oxygens (including phenoxy) is 1. The Hall–Kier alpha value is -0.870. The lowest BCUT2D eigenvalue weighted by molar-refractivity contribution is 0.409. The van der Waals surface area contributed by atoms with E-state index in [9.17, 15) is 4.21 Å². The van der Waals surface area contributed by atoms with E-state index in [0.717, 1.165) is 11.3 Å². The third-order valence-electron chi connectivity index (χ3n) is 2.14. The van der Waals surface area contributed by atoms with Crippen molar-refractivity contribution in [3.8, 4) is 5.75 Å². The van der Waals surface area contributed by atoms with Crippen LogP contribution in [-0.4, -0.2) is 16.1 Å². The Kier molecular flexibility index (Phi) is 4.50. The summed E-state index contributed by atoms with van der Waals surface area (Å²) in [5.74, 6) is 0.820. The largest absolute Gasteiger partial charge is 0.496 e. The Balaban J connectivity index is 2.65. The molecule has 1 atom stereocenters. The Morgan fingerprint density at radius 1 is 1.31 bits per heavy atom. The van der Waals surface area contributed by atoms with Crippen molar-refractivity contribution < 1.29 is 8.95 Å². The summed E-state index contributed by atoms with van der Waals surface area (Å²) in [5.41, 5.74) is 1.02. The van der Waals surface area contributed by atoms with Crippen molar-refractivity contribution in [3.05, 3.63) is 29.8 Å². The topological polar surface area (TPSA) is 38.3 Å². The normalized spacial score (nSPS) is 13.5. The lowest BCUT2D eigenvalue weighted by Crippen LogP contribution is -2.32. The molecule has 90 valence electrons. The molecule has 0 saturated carbocycles. The molecule has 16 heavy (non-hydrogen) atoms. The smallest absolute Gasteiger partial charge is 0.123 e. The molecule has 0 saturated heterocycles. The summed E-state index contributed by atoms with van der Waals surface area (Å²) >= 11 is 0. The van der Waals surface area contributed by atoms with Gasteiger partial charge in [0.15, 0.2) is 0 Å². The molecular formula is C12H19NO2S. The number of benzene rings is 1. The van der Waals surface area contributed by atoms with Crippen LogP contribution in [0.4, 0.5) is 0 Å². The van der Waals surface area contributed by atoms with E-state index in [2.05, 4.69) is 4.72 Å². The summed E-state index contributed by atoms with van der Waals surface area (Å²) < 4.78 is 19.8. The zero-order valence-corrected chi connectivity index (χ0v) is 11.1. The number of hydrogen-bond donors (Lipinski definition) is 1. The average molecular weight is 241 g/mol. The summed E-state index contributed by atoms with van der Waals surface area (Å²) in [6.45, 7) is 6.38. The first-order chi connectivity index (χ1) is 7.45. The van der Waals surface area contributed by atoms with E-state index in [1.165, 1.54) is 0 Å². The first-order valence-electron chi connectivity index (χ1n) is 5.22. The second-order valence-electron chi connectivity index (χ2n) is 4.51. The van der Waals surface area contributed by atoms with Gasteiger partial charge < -0.3 is 4.74 Å². The minimum atomic E-state index is -1.05. The van der Waals surface area contributed by atoms with Gasteiger partial charge in [0.1, 0.15) is 5.75 Å². The zero-order valence-electron chi connectivity index (χ0n) is 10.2. The van der Waals surface area contributed by atoms with Gasteiger partial charge in [0.2, 0.25) is 0 Å². The molecule has 0 aliphatic rings. The number of para-hydroxylation sites is 1. The molecule has 0 amide bonds. The molecule has 0 radical (unpaired) electrons. The molecule has 1 N–H and O–H groups in total. The van der Waals surface area contributed by atoms with Gasteiger partial charge in [-0.3, -0.25) is 0 Å². The van der Waals surface area contributed by atoms with Crippen LogP contribution in [0.15, 0.2) is 24.3 Å². The predicted octanol–water partition coefficient (Wildman–Crippen LogP) is 2.25. The lowest BCUT2D eigenvalue weighted by atomic mass is 10.2. The number of methoxy groups -OCH3 is 1. The molecule has 4 heteroatoms. The van der Waals surface area contributed by atoms with Gasteiger partial charge in [-0.15, -0.1) is 0 Å². The quantitative estimate of drug-likeness (QED) is 0.878. The number of rotatable bonds is 4. The zero-order chi connectivity index (χ0) is 12.2. The molecule has 3 nitrogen and oxygen atoms in total. The van der Waals surface area contributed by atoms with Gasteiger partial charge in [-0.1, -0.05) is 18.2 Å². The van der Waals surface area contributed by atoms with Crippen LogP contribution in [0.3, 0.4) is 0 Å². The van der Waals surface area contributed by atoms with E-state index in [1.54, 1.807) is 7.11 Å². The second-order valence-corrected chi connectivity index (χ2v) is 6.56. The highest BCUT2D eigenvalue weighted by Crippen LogP contribution is 2.17. The molecule has 0 fully saturated rings. The lowest BCUT2D eigenvalue weighted by Gasteiger charge is -2.18. The molecular weight excluding hydrogens is 222 g/mol. The SMILES string of the molecule is COc1ccccc1CN[S@@](=O)C(C)(C)C. The molecule has 0 spiro atoms. The van der Waals surface area contributed by atoms with E-state index in [-0.39, 0.29) is 4.75 Å². The average Bonchev–Trinajstić information content (AvgIpc) is 2.24. The summed E-state index contributed by atoms with van der Waals surface area (Å²) in [7, 11) is 0.585. The summed E-state index contributed by atoms with van der Waals surface area (Å²) in [4.78, 5) is 0. The highest BCUT2D eigenvalue weighted by Gasteiger charge is 2.19. The van der Waals surface area contributed by atoms with Crippen molar-refractivity contribution in [1.29, 1.82) is 0 Å². The molecule has 0 aromatic heterocycles. The number of nitrogens with one attached hydrogen (secondary N) is 1. The Morgan fingerprint density at radius 2 is 1.94 bits per heavy atom. The fourth-order valence-electron chi connectivity index (χ4n) is 1.21. The fraction of sp³-hybridized carbons (Fsp3) is 0.500. The summed E-state index contributed by atoms with van der Waals surface area (Å²) in [6.07, 6.45) is 0. The summed E-state index contributed by atoms with van der Waals surface area (Å²) in [5, 5.41) is 0. The van der Waals surface area contributed by atoms with Crippen molar-refractivity contribution in [2.24, 2.45) is 0 Å². The Bertz CT molecular complexity index is 372. The second kappa shape index (κ2) is 5.46. The fourth-order valence-corrected chi connectivity index (χ4v) is 1.93. The first-order valence-corrected chi connectivity index (χ1v) is 6.37. The minimum Gasteiger partial charge on any atom is -0.496 e. The molecule has 1 aromatic rings. The van der Waals surface area contributed by atoms with Crippen LogP contribution >= 0.6 is 0 Å². The molecule has 1 rings (SSSR count). The van der Waals surface area contributed by atoms with Gasteiger partial charge in [-0.2, -0.15) is 0 Å². The maximum atomic E-state index is 11.8. The molecule has 0 heterocycles. The predicted molar refractivity (Wildman–Crippen MR) is 67.7 cm³/mol. The molecule has 0 unspecified atom stereocenters. The molecule has 0 aliphatic heterocycles. The van der Waals surface area contributed by atoms with E-state index in [1.807, 2.05) is 45.0 Å². The van der Waals surface area contributed by atoms with Crippen LogP contribution in [0.1, 0.15) is 26.3 Å². The molecule has 1 aromatic carbocycles. The van der Waals surface area contributed by atoms with Gasteiger partial charge in [0.25, 0.3) is 0 Å². The maximum absolute atomic E-state index is 11.8. The third kappa shape index (κ3) is 3.61. The van der Waals surface area contributed by atoms with Crippen molar-refractivity contribution in [2.75, 3.05) is 7.11 Å². The monoisotopic (exact) mass is 241 g/mol. The Morgan fingerprint density at radius 3 is 2.50 bits per heavy atom. The van der Waals surface area contributed by atoms with Crippen LogP contribution in [0.2, 0.25) is 0 Å². The molecule has 0 aliphatic carbocycles. The van der Waals surface area contributed by atoms with Gasteiger partial charge in [0.05, 0.1) is 22.8 Å². The van der Waals surface area contributed by atoms with E-state index >= 15 is 0 Å². The highest BCUT2D eigenvalue weighted by molar-refractivity contribution is 7.84. The third-order valence-corrected chi connectivity index (χ3v) is 3.66.